The fourth-order valence-electron chi connectivity index (χ4n) is 1.50. The van der Waals surface area contributed by atoms with Gasteiger partial charge in [0.05, 0.1) is 4.92 Å². The van der Waals surface area contributed by atoms with Crippen LogP contribution in [0.25, 0.3) is 0 Å². The number of nitro groups is 1. The molecular formula is C13H15NO5. The van der Waals surface area contributed by atoms with Gasteiger partial charge < -0.3 is 9.47 Å². The molecule has 0 aromatic heterocycles. The van der Waals surface area contributed by atoms with Crippen LogP contribution >= 0.6 is 0 Å². The first-order valence-electron chi connectivity index (χ1n) is 5.73. The highest BCUT2D eigenvalue weighted by molar-refractivity contribution is 5.81. The Labute approximate surface area is 110 Å². The molecule has 0 bridgehead atoms. The molecule has 102 valence electrons. The summed E-state index contributed by atoms with van der Waals surface area (Å²) in [6.45, 7) is 5.47. The predicted octanol–water partition coefficient (Wildman–Crippen LogP) is 2.40. The van der Waals surface area contributed by atoms with Crippen LogP contribution in [0.3, 0.4) is 0 Å². The highest BCUT2D eigenvalue weighted by Crippen LogP contribution is 2.22. The van der Waals surface area contributed by atoms with E-state index in [0.29, 0.717) is 12.2 Å². The molecule has 0 fully saturated rings. The number of carbonyl (C=O) groups is 1. The summed E-state index contributed by atoms with van der Waals surface area (Å²) in [4.78, 5) is 21.3. The first kappa shape index (κ1) is 14.8. The minimum absolute atomic E-state index is 0.0140. The average molecular weight is 265 g/mol. The Morgan fingerprint density at radius 3 is 2.89 bits per heavy atom. The maximum atomic E-state index is 11.0. The summed E-state index contributed by atoms with van der Waals surface area (Å²) >= 11 is 0. The molecular weight excluding hydrogens is 250 g/mol. The van der Waals surface area contributed by atoms with Crippen molar-refractivity contribution < 1.29 is 19.2 Å². The lowest BCUT2D eigenvalue weighted by atomic mass is 10.1. The summed E-state index contributed by atoms with van der Waals surface area (Å²) in [7, 11) is 0. The number of hydrogen-bond acceptors (Lipinski definition) is 5. The van der Waals surface area contributed by atoms with Gasteiger partial charge in [-0.2, -0.15) is 0 Å². The van der Waals surface area contributed by atoms with Crippen molar-refractivity contribution in [3.63, 3.8) is 0 Å². The molecule has 1 atom stereocenters. The molecule has 6 heteroatoms. The number of nitro benzene ring substituents is 1. The molecule has 19 heavy (non-hydrogen) atoms. The normalized spacial score (nSPS) is 11.6. The van der Waals surface area contributed by atoms with Gasteiger partial charge in [-0.15, -0.1) is 0 Å². The molecule has 1 aromatic carbocycles. The number of carbonyl (C=O) groups excluding carboxylic acids is 1. The van der Waals surface area contributed by atoms with E-state index >= 15 is 0 Å². The lowest BCUT2D eigenvalue weighted by molar-refractivity contribution is -0.385. The van der Waals surface area contributed by atoms with E-state index in [1.54, 1.807) is 19.1 Å². The van der Waals surface area contributed by atoms with E-state index in [1.807, 2.05) is 0 Å². The van der Waals surface area contributed by atoms with E-state index in [2.05, 4.69) is 6.58 Å². The molecule has 0 aliphatic rings. The first-order chi connectivity index (χ1) is 9.08. The highest BCUT2D eigenvalue weighted by atomic mass is 16.6. The fraction of sp³-hybridized carbons (Fsp3) is 0.308. The van der Waals surface area contributed by atoms with Crippen LogP contribution in [-0.4, -0.2) is 24.1 Å². The summed E-state index contributed by atoms with van der Waals surface area (Å²) in [5.74, 6) is -0.560. The molecule has 0 N–H and O–H groups in total. The summed E-state index contributed by atoms with van der Waals surface area (Å²) in [5.41, 5.74) is 0.560. The second-order valence-corrected chi connectivity index (χ2v) is 3.63. The lowest BCUT2D eigenvalue weighted by Gasteiger charge is -2.16. The van der Waals surface area contributed by atoms with Crippen molar-refractivity contribution in [1.82, 2.24) is 0 Å². The standard InChI is InChI=1S/C13H15NO5/c1-3-13(15)19-9-12(18-4-2)10-6-5-7-11(8-10)14(16)17/h3,5-8,12H,1,4,9H2,2H3. The molecule has 0 aliphatic carbocycles. The van der Waals surface area contributed by atoms with Crippen molar-refractivity contribution in [3.8, 4) is 0 Å². The Morgan fingerprint density at radius 1 is 1.58 bits per heavy atom. The van der Waals surface area contributed by atoms with Gasteiger partial charge in [-0.25, -0.2) is 4.79 Å². The Bertz CT molecular complexity index is 472. The Balaban J connectivity index is 2.85. The van der Waals surface area contributed by atoms with Gasteiger partial charge in [-0.05, 0) is 12.5 Å². The minimum Gasteiger partial charge on any atom is -0.459 e. The second-order valence-electron chi connectivity index (χ2n) is 3.63. The van der Waals surface area contributed by atoms with Crippen molar-refractivity contribution in [3.05, 3.63) is 52.6 Å². The smallest absolute Gasteiger partial charge is 0.330 e. The molecule has 0 heterocycles. The molecule has 0 saturated heterocycles. The molecule has 0 aliphatic heterocycles. The van der Waals surface area contributed by atoms with E-state index in [9.17, 15) is 14.9 Å². The Hall–Kier alpha value is -2.21. The van der Waals surface area contributed by atoms with E-state index in [1.165, 1.54) is 12.1 Å². The summed E-state index contributed by atoms with van der Waals surface area (Å²) in [6, 6.07) is 6.05. The van der Waals surface area contributed by atoms with Crippen LogP contribution in [0, 0.1) is 10.1 Å². The van der Waals surface area contributed by atoms with Crippen molar-refractivity contribution in [2.24, 2.45) is 0 Å². The zero-order valence-electron chi connectivity index (χ0n) is 10.6. The van der Waals surface area contributed by atoms with Crippen LogP contribution < -0.4 is 0 Å². The van der Waals surface area contributed by atoms with Crippen LogP contribution in [0.2, 0.25) is 0 Å². The van der Waals surface area contributed by atoms with Gasteiger partial charge >= 0.3 is 5.97 Å². The van der Waals surface area contributed by atoms with Crippen LogP contribution in [0.1, 0.15) is 18.6 Å². The summed E-state index contributed by atoms with van der Waals surface area (Å²) < 4.78 is 10.3. The van der Waals surface area contributed by atoms with E-state index in [0.717, 1.165) is 6.08 Å². The van der Waals surface area contributed by atoms with Gasteiger partial charge in [-0.3, -0.25) is 10.1 Å². The zero-order valence-corrected chi connectivity index (χ0v) is 10.6. The monoisotopic (exact) mass is 265 g/mol. The molecule has 1 rings (SSSR count). The Kier molecular flexibility index (Phi) is 5.69. The van der Waals surface area contributed by atoms with Gasteiger partial charge in [0.1, 0.15) is 12.7 Å². The average Bonchev–Trinajstić information content (AvgIpc) is 2.43. The quantitative estimate of drug-likeness (QED) is 0.327. The van der Waals surface area contributed by atoms with Gasteiger partial charge in [0.2, 0.25) is 0 Å². The SMILES string of the molecule is C=CC(=O)OCC(OCC)c1cccc([N+](=O)[O-])c1. The number of benzene rings is 1. The zero-order chi connectivity index (χ0) is 14.3. The first-order valence-corrected chi connectivity index (χ1v) is 5.73. The van der Waals surface area contributed by atoms with Gasteiger partial charge in [0, 0.05) is 24.8 Å². The summed E-state index contributed by atoms with van der Waals surface area (Å²) in [5, 5.41) is 10.7. The third-order valence-electron chi connectivity index (χ3n) is 2.36. The van der Waals surface area contributed by atoms with Crippen LogP contribution in [0.15, 0.2) is 36.9 Å². The molecule has 0 saturated carbocycles. The van der Waals surface area contributed by atoms with Gasteiger partial charge in [0.25, 0.3) is 5.69 Å². The number of non-ortho nitro benzene ring substituents is 1. The molecule has 1 aromatic rings. The van der Waals surface area contributed by atoms with Gasteiger partial charge in [0.15, 0.2) is 0 Å². The number of ether oxygens (including phenoxy) is 2. The van der Waals surface area contributed by atoms with E-state index in [-0.39, 0.29) is 12.3 Å². The van der Waals surface area contributed by atoms with Crippen LogP contribution in [0.4, 0.5) is 5.69 Å². The second kappa shape index (κ2) is 7.27. The maximum absolute atomic E-state index is 11.0. The lowest BCUT2D eigenvalue weighted by Crippen LogP contribution is -2.14. The van der Waals surface area contributed by atoms with Crippen molar-refractivity contribution >= 4 is 11.7 Å². The third kappa shape index (κ3) is 4.51. The van der Waals surface area contributed by atoms with Crippen molar-refractivity contribution in [1.29, 1.82) is 0 Å². The molecule has 0 amide bonds. The van der Waals surface area contributed by atoms with Crippen LogP contribution in [0.5, 0.6) is 0 Å². The number of rotatable bonds is 7. The predicted molar refractivity (Wildman–Crippen MR) is 68.6 cm³/mol. The topological polar surface area (TPSA) is 78.7 Å². The van der Waals surface area contributed by atoms with E-state index in [4.69, 9.17) is 9.47 Å². The fourth-order valence-corrected chi connectivity index (χ4v) is 1.50. The Morgan fingerprint density at radius 2 is 2.32 bits per heavy atom. The molecule has 1 unspecified atom stereocenters. The maximum Gasteiger partial charge on any atom is 0.330 e. The molecule has 0 spiro atoms. The summed E-state index contributed by atoms with van der Waals surface area (Å²) in [6.07, 6.45) is 0.519. The van der Waals surface area contributed by atoms with Crippen molar-refractivity contribution in [2.75, 3.05) is 13.2 Å². The van der Waals surface area contributed by atoms with Crippen LogP contribution in [-0.2, 0) is 14.3 Å². The van der Waals surface area contributed by atoms with E-state index < -0.39 is 17.0 Å². The largest absolute Gasteiger partial charge is 0.459 e. The van der Waals surface area contributed by atoms with Crippen molar-refractivity contribution in [2.45, 2.75) is 13.0 Å². The number of hydrogen-bond donors (Lipinski definition) is 0. The minimum atomic E-state index is -0.560. The number of nitrogens with zero attached hydrogens (tertiary/aromatic N) is 1. The molecule has 6 nitrogen and oxygen atoms in total. The van der Waals surface area contributed by atoms with Gasteiger partial charge in [-0.1, -0.05) is 18.7 Å². The highest BCUT2D eigenvalue weighted by Gasteiger charge is 2.16. The number of esters is 1. The molecule has 0 radical (unpaired) electrons. The third-order valence-corrected chi connectivity index (χ3v) is 2.36.